The lowest BCUT2D eigenvalue weighted by atomic mass is 9.97. The van der Waals surface area contributed by atoms with Gasteiger partial charge in [-0.3, -0.25) is 0 Å². The Morgan fingerprint density at radius 2 is 1.95 bits per heavy atom. The van der Waals surface area contributed by atoms with Crippen LogP contribution in [0, 0.1) is 5.92 Å². The number of nitrogens with zero attached hydrogens (tertiary/aromatic N) is 1. The zero-order valence-electron chi connectivity index (χ0n) is 11.4. The van der Waals surface area contributed by atoms with Crippen LogP contribution in [0.4, 0.5) is 5.69 Å². The Hall–Kier alpha value is -1.64. The molecule has 1 saturated heterocycles. The Morgan fingerprint density at radius 1 is 1.33 bits per heavy atom. The molecule has 0 atom stereocenters. The number of sulfonamides is 1. The van der Waals surface area contributed by atoms with Crippen LogP contribution in [-0.4, -0.2) is 44.3 Å². The number of aromatic carboxylic acids is 1. The molecule has 1 aliphatic heterocycles. The summed E-state index contributed by atoms with van der Waals surface area (Å²) in [6.07, 6.45) is 1.54. The monoisotopic (exact) mass is 314 g/mol. The number of aliphatic hydroxyl groups is 1. The minimum atomic E-state index is -3.93. The summed E-state index contributed by atoms with van der Waals surface area (Å²) in [6.45, 7) is 1.38. The van der Waals surface area contributed by atoms with Gasteiger partial charge in [-0.25, -0.2) is 18.4 Å². The Bertz CT molecular complexity index is 636. The molecule has 116 valence electrons. The lowest BCUT2D eigenvalue weighted by Gasteiger charge is -2.33. The van der Waals surface area contributed by atoms with Crippen molar-refractivity contribution in [1.82, 2.24) is 0 Å². The summed E-state index contributed by atoms with van der Waals surface area (Å²) in [7, 11) is -3.93. The third-order valence-corrected chi connectivity index (χ3v) is 4.65. The molecule has 1 aromatic rings. The van der Waals surface area contributed by atoms with Gasteiger partial charge < -0.3 is 15.1 Å². The number of primary sulfonamides is 1. The number of rotatable bonds is 4. The van der Waals surface area contributed by atoms with Gasteiger partial charge in [-0.2, -0.15) is 0 Å². The molecule has 0 aromatic heterocycles. The number of piperidine rings is 1. The van der Waals surface area contributed by atoms with Crippen molar-refractivity contribution < 1.29 is 23.4 Å². The molecule has 0 saturated carbocycles. The van der Waals surface area contributed by atoms with Gasteiger partial charge in [0.15, 0.2) is 0 Å². The van der Waals surface area contributed by atoms with Crippen LogP contribution in [0.25, 0.3) is 0 Å². The van der Waals surface area contributed by atoms with Gasteiger partial charge in [0.05, 0.1) is 16.1 Å². The van der Waals surface area contributed by atoms with Crippen LogP contribution in [0.15, 0.2) is 23.1 Å². The highest BCUT2D eigenvalue weighted by atomic mass is 32.2. The molecule has 7 nitrogen and oxygen atoms in total. The Morgan fingerprint density at radius 3 is 2.43 bits per heavy atom. The molecule has 1 aliphatic rings. The van der Waals surface area contributed by atoms with Crippen molar-refractivity contribution in [2.45, 2.75) is 17.7 Å². The Balaban J connectivity index is 2.34. The van der Waals surface area contributed by atoms with Crippen molar-refractivity contribution in [3.63, 3.8) is 0 Å². The first kappa shape index (κ1) is 15.7. The maximum Gasteiger partial charge on any atom is 0.337 e. The number of nitrogens with two attached hydrogens (primary N) is 1. The SMILES string of the molecule is NS(=O)(=O)c1ccc(N2CCC(CO)CC2)c(C(=O)O)c1. The quantitative estimate of drug-likeness (QED) is 0.732. The molecule has 4 N–H and O–H groups in total. The van der Waals surface area contributed by atoms with Gasteiger partial charge in [-0.15, -0.1) is 0 Å². The molecular weight excluding hydrogens is 296 g/mol. The summed E-state index contributed by atoms with van der Waals surface area (Å²) < 4.78 is 22.6. The summed E-state index contributed by atoms with van der Waals surface area (Å²) in [5.41, 5.74) is 0.398. The summed E-state index contributed by atoms with van der Waals surface area (Å²) in [5, 5.41) is 23.4. The molecule has 0 radical (unpaired) electrons. The number of anilines is 1. The van der Waals surface area contributed by atoms with Gasteiger partial charge in [-0.1, -0.05) is 0 Å². The van der Waals surface area contributed by atoms with E-state index < -0.39 is 16.0 Å². The molecule has 8 heteroatoms. The molecule has 0 unspecified atom stereocenters. The van der Waals surface area contributed by atoms with E-state index in [-0.39, 0.29) is 23.0 Å². The van der Waals surface area contributed by atoms with E-state index >= 15 is 0 Å². The molecule has 21 heavy (non-hydrogen) atoms. The first-order chi connectivity index (χ1) is 9.82. The maximum absolute atomic E-state index is 11.4. The average Bonchev–Trinajstić information content (AvgIpc) is 2.45. The van der Waals surface area contributed by atoms with Crippen molar-refractivity contribution in [2.24, 2.45) is 11.1 Å². The van der Waals surface area contributed by atoms with Crippen molar-refractivity contribution in [3.8, 4) is 0 Å². The molecule has 1 heterocycles. The van der Waals surface area contributed by atoms with E-state index in [9.17, 15) is 18.3 Å². The minimum absolute atomic E-state index is 0.0797. The highest BCUT2D eigenvalue weighted by Gasteiger charge is 2.23. The highest BCUT2D eigenvalue weighted by molar-refractivity contribution is 7.89. The van der Waals surface area contributed by atoms with Gasteiger partial charge in [0.25, 0.3) is 0 Å². The fourth-order valence-electron chi connectivity index (χ4n) is 2.50. The molecule has 0 spiro atoms. The van der Waals surface area contributed by atoms with Crippen LogP contribution >= 0.6 is 0 Å². The van der Waals surface area contributed by atoms with E-state index in [1.165, 1.54) is 12.1 Å². The van der Waals surface area contributed by atoms with Crippen LogP contribution < -0.4 is 10.0 Å². The number of benzene rings is 1. The average molecular weight is 314 g/mol. The van der Waals surface area contributed by atoms with E-state index in [2.05, 4.69) is 0 Å². The van der Waals surface area contributed by atoms with Crippen LogP contribution in [-0.2, 0) is 10.0 Å². The molecule has 0 aliphatic carbocycles. The number of hydrogen-bond donors (Lipinski definition) is 3. The zero-order chi connectivity index (χ0) is 15.6. The van der Waals surface area contributed by atoms with Gasteiger partial charge in [0, 0.05) is 19.7 Å². The number of hydrogen-bond acceptors (Lipinski definition) is 5. The molecule has 0 amide bonds. The summed E-state index contributed by atoms with van der Waals surface area (Å²) in [6, 6.07) is 3.88. The van der Waals surface area contributed by atoms with Crippen LogP contribution in [0.2, 0.25) is 0 Å². The second-order valence-electron chi connectivity index (χ2n) is 5.14. The van der Waals surface area contributed by atoms with Crippen LogP contribution in [0.3, 0.4) is 0 Å². The van der Waals surface area contributed by atoms with E-state index in [1.807, 2.05) is 4.90 Å². The first-order valence-electron chi connectivity index (χ1n) is 6.59. The van der Waals surface area contributed by atoms with Crippen molar-refractivity contribution >= 4 is 21.7 Å². The smallest absolute Gasteiger partial charge is 0.337 e. The fourth-order valence-corrected chi connectivity index (χ4v) is 3.04. The summed E-state index contributed by atoms with van der Waals surface area (Å²) in [5.74, 6) is -0.960. The molecule has 1 aromatic carbocycles. The topological polar surface area (TPSA) is 121 Å². The predicted octanol–water partition coefficient (Wildman–Crippen LogP) is 0.241. The van der Waals surface area contributed by atoms with Crippen molar-refractivity contribution in [2.75, 3.05) is 24.6 Å². The Kier molecular flexibility index (Phi) is 4.50. The lowest BCUT2D eigenvalue weighted by Crippen LogP contribution is -2.35. The molecule has 0 bridgehead atoms. The van der Waals surface area contributed by atoms with Crippen LogP contribution in [0.5, 0.6) is 0 Å². The molecule has 1 fully saturated rings. The first-order valence-corrected chi connectivity index (χ1v) is 8.13. The maximum atomic E-state index is 11.4. The van der Waals surface area contributed by atoms with Gasteiger partial charge >= 0.3 is 5.97 Å². The second-order valence-corrected chi connectivity index (χ2v) is 6.70. The van der Waals surface area contributed by atoms with Crippen molar-refractivity contribution in [3.05, 3.63) is 23.8 Å². The predicted molar refractivity (Wildman–Crippen MR) is 76.8 cm³/mol. The normalized spacial score (nSPS) is 17.0. The van der Waals surface area contributed by atoms with Gasteiger partial charge in [0.1, 0.15) is 0 Å². The Labute approximate surface area is 123 Å². The molecular formula is C13H18N2O5S. The summed E-state index contributed by atoms with van der Waals surface area (Å²) >= 11 is 0. The highest BCUT2D eigenvalue weighted by Crippen LogP contribution is 2.28. The van der Waals surface area contributed by atoms with E-state index in [4.69, 9.17) is 10.2 Å². The largest absolute Gasteiger partial charge is 0.478 e. The number of carboxylic acids is 1. The standard InChI is InChI=1S/C13H18N2O5S/c14-21(19,20)10-1-2-12(11(7-10)13(17)18)15-5-3-9(8-16)4-6-15/h1-2,7,9,16H,3-6,8H2,(H,17,18)(H2,14,19,20). The van der Waals surface area contributed by atoms with E-state index in [0.29, 0.717) is 18.8 Å². The number of carbonyl (C=O) groups is 1. The number of carboxylic acid groups (broad SMARTS) is 1. The summed E-state index contributed by atoms with van der Waals surface area (Å²) in [4.78, 5) is 13.0. The molecule has 2 rings (SSSR count). The lowest BCUT2D eigenvalue weighted by molar-refractivity contribution is 0.0697. The van der Waals surface area contributed by atoms with Crippen LogP contribution in [0.1, 0.15) is 23.2 Å². The third kappa shape index (κ3) is 3.52. The zero-order valence-corrected chi connectivity index (χ0v) is 12.2. The van der Waals surface area contributed by atoms with Gasteiger partial charge in [-0.05, 0) is 37.0 Å². The van der Waals surface area contributed by atoms with Crippen molar-refractivity contribution in [1.29, 1.82) is 0 Å². The van der Waals surface area contributed by atoms with E-state index in [1.54, 1.807) is 0 Å². The third-order valence-electron chi connectivity index (χ3n) is 3.74. The minimum Gasteiger partial charge on any atom is -0.478 e. The van der Waals surface area contributed by atoms with E-state index in [0.717, 1.165) is 18.9 Å². The second kappa shape index (κ2) is 6.00. The van der Waals surface area contributed by atoms with Gasteiger partial charge in [0.2, 0.25) is 10.0 Å². The number of aliphatic hydroxyl groups excluding tert-OH is 1. The fraction of sp³-hybridized carbons (Fsp3) is 0.462.